The minimum Gasteiger partial charge on any atom is -0.482 e. The molecule has 3 aromatic rings. The third kappa shape index (κ3) is 1.95. The van der Waals surface area contributed by atoms with E-state index in [0.29, 0.717) is 28.9 Å². The predicted octanol–water partition coefficient (Wildman–Crippen LogP) is 1.20. The maximum absolute atomic E-state index is 5.29. The molecule has 0 unspecified atom stereocenters. The number of rotatable bonds is 3. The van der Waals surface area contributed by atoms with Crippen molar-refractivity contribution in [2.45, 2.75) is 0 Å². The fourth-order valence-corrected chi connectivity index (χ4v) is 1.73. The summed E-state index contributed by atoms with van der Waals surface area (Å²) in [6.45, 7) is 0. The SMILES string of the molecule is COc1cc(OC)n2cc(-c3cnccn3)nc2n1. The number of ether oxygens (including phenoxy) is 2. The Morgan fingerprint density at radius 1 is 1.05 bits per heavy atom. The molecule has 0 aliphatic carbocycles. The Kier molecular flexibility index (Phi) is 2.71. The molecule has 19 heavy (non-hydrogen) atoms. The summed E-state index contributed by atoms with van der Waals surface area (Å²) >= 11 is 0. The molecule has 0 aromatic carbocycles. The van der Waals surface area contributed by atoms with Crippen molar-refractivity contribution < 1.29 is 9.47 Å². The first-order chi connectivity index (χ1) is 9.31. The van der Waals surface area contributed by atoms with Crippen LogP contribution in [0.4, 0.5) is 0 Å². The average Bonchev–Trinajstić information content (AvgIpc) is 2.91. The third-order valence-electron chi connectivity index (χ3n) is 2.63. The van der Waals surface area contributed by atoms with E-state index in [-0.39, 0.29) is 0 Å². The van der Waals surface area contributed by atoms with Gasteiger partial charge in [0.05, 0.1) is 26.5 Å². The van der Waals surface area contributed by atoms with Crippen molar-refractivity contribution in [2.24, 2.45) is 0 Å². The zero-order valence-corrected chi connectivity index (χ0v) is 10.4. The Morgan fingerprint density at radius 2 is 1.95 bits per heavy atom. The van der Waals surface area contributed by atoms with Crippen LogP contribution < -0.4 is 9.47 Å². The van der Waals surface area contributed by atoms with Crippen molar-refractivity contribution in [3.63, 3.8) is 0 Å². The van der Waals surface area contributed by atoms with Crippen LogP contribution in [0.5, 0.6) is 11.8 Å². The molecule has 0 radical (unpaired) electrons. The zero-order valence-electron chi connectivity index (χ0n) is 10.4. The highest BCUT2D eigenvalue weighted by Crippen LogP contribution is 2.23. The van der Waals surface area contributed by atoms with Gasteiger partial charge in [0.2, 0.25) is 17.5 Å². The predicted molar refractivity (Wildman–Crippen MR) is 67.1 cm³/mol. The van der Waals surface area contributed by atoms with E-state index < -0.39 is 0 Å². The second-order valence-corrected chi connectivity index (χ2v) is 3.73. The van der Waals surface area contributed by atoms with Crippen molar-refractivity contribution in [1.29, 1.82) is 0 Å². The number of nitrogens with zero attached hydrogens (tertiary/aromatic N) is 5. The molecule has 0 spiro atoms. The van der Waals surface area contributed by atoms with Gasteiger partial charge in [-0.25, -0.2) is 4.98 Å². The topological polar surface area (TPSA) is 74.4 Å². The summed E-state index contributed by atoms with van der Waals surface area (Å²) in [5, 5.41) is 0. The van der Waals surface area contributed by atoms with Crippen LogP contribution in [0.15, 0.2) is 30.9 Å². The van der Waals surface area contributed by atoms with Crippen molar-refractivity contribution >= 4 is 5.78 Å². The number of methoxy groups -OCH3 is 2. The Labute approximate surface area is 108 Å². The van der Waals surface area contributed by atoms with Crippen LogP contribution in [0.2, 0.25) is 0 Å². The van der Waals surface area contributed by atoms with Gasteiger partial charge in [0.25, 0.3) is 0 Å². The van der Waals surface area contributed by atoms with Crippen LogP contribution in [0.3, 0.4) is 0 Å². The summed E-state index contributed by atoms with van der Waals surface area (Å²) in [7, 11) is 3.13. The first kappa shape index (κ1) is 11.4. The van der Waals surface area contributed by atoms with E-state index in [1.165, 1.54) is 0 Å². The molecule has 7 nitrogen and oxygen atoms in total. The normalized spacial score (nSPS) is 10.6. The van der Waals surface area contributed by atoms with Crippen LogP contribution in [0, 0.1) is 0 Å². The highest BCUT2D eigenvalue weighted by molar-refractivity contribution is 5.57. The fraction of sp³-hybridized carbons (Fsp3) is 0.167. The standard InChI is InChI=1S/C12H11N5O2/c1-18-10-5-11(19-2)17-7-9(15-12(17)16-10)8-6-13-3-4-14-8/h3-7H,1-2H3. The number of hydrogen-bond donors (Lipinski definition) is 0. The van der Waals surface area contributed by atoms with E-state index in [2.05, 4.69) is 19.9 Å². The molecule has 0 saturated carbocycles. The molecule has 0 atom stereocenters. The van der Waals surface area contributed by atoms with E-state index in [4.69, 9.17) is 9.47 Å². The number of fused-ring (bicyclic) bond motifs is 1. The highest BCUT2D eigenvalue weighted by atomic mass is 16.5. The van der Waals surface area contributed by atoms with Crippen LogP contribution in [-0.4, -0.2) is 38.6 Å². The van der Waals surface area contributed by atoms with Crippen molar-refractivity contribution in [1.82, 2.24) is 24.3 Å². The van der Waals surface area contributed by atoms with Gasteiger partial charge >= 0.3 is 0 Å². The minimum atomic E-state index is 0.445. The van der Waals surface area contributed by atoms with Crippen LogP contribution in [0.25, 0.3) is 17.2 Å². The molecule has 3 aromatic heterocycles. The lowest BCUT2D eigenvalue weighted by molar-refractivity contribution is 0.369. The quantitative estimate of drug-likeness (QED) is 0.702. The average molecular weight is 257 g/mol. The van der Waals surface area contributed by atoms with Gasteiger partial charge in [-0.05, 0) is 0 Å². The summed E-state index contributed by atoms with van der Waals surface area (Å²) in [5.41, 5.74) is 1.35. The van der Waals surface area contributed by atoms with Gasteiger partial charge in [-0.2, -0.15) is 4.98 Å². The Morgan fingerprint density at radius 3 is 2.63 bits per heavy atom. The summed E-state index contributed by atoms with van der Waals surface area (Å²) in [4.78, 5) is 16.9. The maximum atomic E-state index is 5.29. The van der Waals surface area contributed by atoms with Gasteiger partial charge in [0.15, 0.2) is 0 Å². The van der Waals surface area contributed by atoms with Crippen molar-refractivity contribution in [2.75, 3.05) is 14.2 Å². The molecule has 3 heterocycles. The molecule has 7 heteroatoms. The summed E-state index contributed by atoms with van der Waals surface area (Å²) in [6, 6.07) is 1.69. The van der Waals surface area contributed by atoms with Crippen LogP contribution in [0.1, 0.15) is 0 Å². The van der Waals surface area contributed by atoms with E-state index in [1.807, 2.05) is 0 Å². The molecule has 0 aliphatic heterocycles. The maximum Gasteiger partial charge on any atom is 0.240 e. The minimum absolute atomic E-state index is 0.445. The van der Waals surface area contributed by atoms with Gasteiger partial charge < -0.3 is 9.47 Å². The van der Waals surface area contributed by atoms with E-state index >= 15 is 0 Å². The Bertz CT molecular complexity index is 711. The molecule has 96 valence electrons. The number of aromatic nitrogens is 5. The lowest BCUT2D eigenvalue weighted by atomic mass is 10.3. The first-order valence-electron chi connectivity index (χ1n) is 5.56. The van der Waals surface area contributed by atoms with Gasteiger partial charge in [-0.15, -0.1) is 0 Å². The smallest absolute Gasteiger partial charge is 0.240 e. The Balaban J connectivity index is 2.20. The largest absolute Gasteiger partial charge is 0.482 e. The molecule has 0 saturated heterocycles. The lowest BCUT2D eigenvalue weighted by Gasteiger charge is -2.04. The molecule has 0 aliphatic rings. The molecular formula is C12H11N5O2. The lowest BCUT2D eigenvalue weighted by Crippen LogP contribution is -1.97. The first-order valence-corrected chi connectivity index (χ1v) is 5.56. The van der Waals surface area contributed by atoms with E-state index in [0.717, 1.165) is 0 Å². The van der Waals surface area contributed by atoms with Crippen LogP contribution >= 0.6 is 0 Å². The summed E-state index contributed by atoms with van der Waals surface area (Å²) in [6.07, 6.45) is 6.67. The second-order valence-electron chi connectivity index (χ2n) is 3.73. The van der Waals surface area contributed by atoms with Gasteiger partial charge in [-0.1, -0.05) is 0 Å². The van der Waals surface area contributed by atoms with Gasteiger partial charge in [-0.3, -0.25) is 14.4 Å². The zero-order chi connectivity index (χ0) is 13.2. The molecule has 0 amide bonds. The Hall–Kier alpha value is -2.70. The molecule has 0 N–H and O–H groups in total. The second kappa shape index (κ2) is 4.52. The van der Waals surface area contributed by atoms with Gasteiger partial charge in [0.1, 0.15) is 11.4 Å². The number of imidazole rings is 1. The van der Waals surface area contributed by atoms with E-state index in [9.17, 15) is 0 Å². The van der Waals surface area contributed by atoms with E-state index in [1.54, 1.807) is 49.5 Å². The third-order valence-corrected chi connectivity index (χ3v) is 2.63. The van der Waals surface area contributed by atoms with Crippen molar-refractivity contribution in [3.05, 3.63) is 30.9 Å². The summed E-state index contributed by atoms with van der Waals surface area (Å²) in [5.74, 6) is 1.52. The fourth-order valence-electron chi connectivity index (χ4n) is 1.73. The van der Waals surface area contributed by atoms with Crippen molar-refractivity contribution in [3.8, 4) is 23.1 Å². The van der Waals surface area contributed by atoms with Crippen LogP contribution in [-0.2, 0) is 0 Å². The monoisotopic (exact) mass is 257 g/mol. The molecule has 0 fully saturated rings. The highest BCUT2D eigenvalue weighted by Gasteiger charge is 2.12. The molecule has 0 bridgehead atoms. The summed E-state index contributed by atoms with van der Waals surface area (Å²) < 4.78 is 12.1. The molecular weight excluding hydrogens is 246 g/mol. The van der Waals surface area contributed by atoms with Gasteiger partial charge in [0, 0.05) is 18.6 Å². The number of hydrogen-bond acceptors (Lipinski definition) is 6. The molecule has 3 rings (SSSR count).